The summed E-state index contributed by atoms with van der Waals surface area (Å²) in [5.41, 5.74) is 2.49. The van der Waals surface area contributed by atoms with Crippen LogP contribution < -0.4 is 14.8 Å². The number of benzene rings is 1. The Morgan fingerprint density at radius 2 is 2.19 bits per heavy atom. The summed E-state index contributed by atoms with van der Waals surface area (Å²) in [6, 6.07) is 4.34. The normalized spacial score (nSPS) is 21.8. The van der Waals surface area contributed by atoms with Gasteiger partial charge in [-0.1, -0.05) is 6.92 Å². The molecule has 0 bridgehead atoms. The Balaban J connectivity index is 1.66. The predicted octanol–water partition coefficient (Wildman–Crippen LogP) is 3.54. The van der Waals surface area contributed by atoms with Gasteiger partial charge in [-0.2, -0.15) is 0 Å². The van der Waals surface area contributed by atoms with Gasteiger partial charge in [0, 0.05) is 24.1 Å². The van der Waals surface area contributed by atoms with Gasteiger partial charge >= 0.3 is 0 Å². The molecular weight excluding hydrogens is 262 g/mol. The molecule has 21 heavy (non-hydrogen) atoms. The number of hydrogen-bond acceptors (Lipinski definition) is 3. The fourth-order valence-corrected chi connectivity index (χ4v) is 3.18. The van der Waals surface area contributed by atoms with Crippen LogP contribution in [0.5, 0.6) is 11.5 Å². The third kappa shape index (κ3) is 3.52. The number of ether oxygens (including phenoxy) is 2. The van der Waals surface area contributed by atoms with Gasteiger partial charge in [-0.05, 0) is 57.2 Å². The molecule has 3 nitrogen and oxygen atoms in total. The van der Waals surface area contributed by atoms with Gasteiger partial charge in [0.25, 0.3) is 0 Å². The highest BCUT2D eigenvalue weighted by atomic mass is 16.5. The van der Waals surface area contributed by atoms with E-state index in [9.17, 15) is 0 Å². The maximum atomic E-state index is 5.87. The number of hydrogen-bond donors (Lipinski definition) is 1. The molecule has 1 aromatic carbocycles. The fraction of sp³-hybridized carbons (Fsp3) is 0.667. The summed E-state index contributed by atoms with van der Waals surface area (Å²) in [6.45, 7) is 9.17. The molecule has 1 fully saturated rings. The van der Waals surface area contributed by atoms with E-state index in [0.717, 1.165) is 42.8 Å². The summed E-state index contributed by atoms with van der Waals surface area (Å²) in [4.78, 5) is 0. The van der Waals surface area contributed by atoms with E-state index in [1.54, 1.807) is 0 Å². The first-order chi connectivity index (χ1) is 10.2. The zero-order valence-electron chi connectivity index (χ0n) is 13.4. The van der Waals surface area contributed by atoms with Crippen molar-refractivity contribution in [3.8, 4) is 11.5 Å². The third-order valence-corrected chi connectivity index (χ3v) is 4.59. The standard InChI is InChI=1S/C18H27NO2/c1-4-20-17-8-15-7-13(3)21-18(15)9-16(17)11-19-10-12(2)14-5-6-14/h8-9,12-14,19H,4-7,10-11H2,1-3H3. The lowest BCUT2D eigenvalue weighted by Gasteiger charge is -2.15. The molecule has 1 saturated carbocycles. The highest BCUT2D eigenvalue weighted by Crippen LogP contribution is 2.37. The summed E-state index contributed by atoms with van der Waals surface area (Å²) in [5.74, 6) is 3.79. The molecule has 1 heterocycles. The Bertz CT molecular complexity index is 496. The van der Waals surface area contributed by atoms with E-state index in [0.29, 0.717) is 6.61 Å². The van der Waals surface area contributed by atoms with Crippen molar-refractivity contribution >= 4 is 0 Å². The van der Waals surface area contributed by atoms with E-state index in [2.05, 4.69) is 31.3 Å². The predicted molar refractivity (Wildman–Crippen MR) is 85.0 cm³/mol. The van der Waals surface area contributed by atoms with Gasteiger partial charge in [0.2, 0.25) is 0 Å². The molecule has 0 aromatic heterocycles. The summed E-state index contributed by atoms with van der Waals surface area (Å²) < 4.78 is 11.7. The Morgan fingerprint density at radius 1 is 1.38 bits per heavy atom. The summed E-state index contributed by atoms with van der Waals surface area (Å²) in [5, 5.41) is 3.59. The number of fused-ring (bicyclic) bond motifs is 1. The molecule has 3 rings (SSSR count). The van der Waals surface area contributed by atoms with Crippen molar-refractivity contribution < 1.29 is 9.47 Å². The average molecular weight is 289 g/mol. The Morgan fingerprint density at radius 3 is 2.90 bits per heavy atom. The number of rotatable bonds is 7. The van der Waals surface area contributed by atoms with E-state index < -0.39 is 0 Å². The van der Waals surface area contributed by atoms with Crippen LogP contribution in [0.1, 0.15) is 44.7 Å². The van der Waals surface area contributed by atoms with Gasteiger partial charge in [-0.3, -0.25) is 0 Å². The molecule has 3 heteroatoms. The first kappa shape index (κ1) is 14.7. The molecule has 2 atom stereocenters. The SMILES string of the molecule is CCOc1cc2c(cc1CNCC(C)C1CC1)OC(C)C2. The van der Waals surface area contributed by atoms with Crippen molar-refractivity contribution in [1.29, 1.82) is 0 Å². The van der Waals surface area contributed by atoms with Crippen LogP contribution in [0.15, 0.2) is 12.1 Å². The van der Waals surface area contributed by atoms with Crippen LogP contribution in [0.3, 0.4) is 0 Å². The first-order valence-corrected chi connectivity index (χ1v) is 8.33. The third-order valence-electron chi connectivity index (χ3n) is 4.59. The zero-order chi connectivity index (χ0) is 14.8. The summed E-state index contributed by atoms with van der Waals surface area (Å²) in [6.07, 6.45) is 4.10. The molecule has 116 valence electrons. The second kappa shape index (κ2) is 6.27. The van der Waals surface area contributed by atoms with Gasteiger partial charge in [-0.25, -0.2) is 0 Å². The van der Waals surface area contributed by atoms with Crippen molar-refractivity contribution in [2.45, 2.75) is 52.7 Å². The van der Waals surface area contributed by atoms with Crippen molar-refractivity contribution in [1.82, 2.24) is 5.32 Å². The Kier molecular flexibility index (Phi) is 4.39. The lowest BCUT2D eigenvalue weighted by atomic mass is 10.0. The molecule has 2 aliphatic rings. The zero-order valence-corrected chi connectivity index (χ0v) is 13.4. The van der Waals surface area contributed by atoms with Crippen LogP contribution in [0.4, 0.5) is 0 Å². The Hall–Kier alpha value is -1.22. The number of nitrogens with one attached hydrogen (secondary N) is 1. The van der Waals surface area contributed by atoms with Gasteiger partial charge in [0.15, 0.2) is 0 Å². The van der Waals surface area contributed by atoms with E-state index in [-0.39, 0.29) is 6.10 Å². The first-order valence-electron chi connectivity index (χ1n) is 8.33. The van der Waals surface area contributed by atoms with E-state index in [1.807, 2.05) is 6.92 Å². The van der Waals surface area contributed by atoms with Gasteiger partial charge < -0.3 is 14.8 Å². The van der Waals surface area contributed by atoms with Crippen LogP contribution in [-0.4, -0.2) is 19.3 Å². The van der Waals surface area contributed by atoms with Crippen LogP contribution in [-0.2, 0) is 13.0 Å². The maximum absolute atomic E-state index is 5.87. The highest BCUT2D eigenvalue weighted by molar-refractivity contribution is 5.48. The summed E-state index contributed by atoms with van der Waals surface area (Å²) >= 11 is 0. The van der Waals surface area contributed by atoms with Gasteiger partial charge in [0.05, 0.1) is 6.61 Å². The van der Waals surface area contributed by atoms with Crippen LogP contribution in [0, 0.1) is 11.8 Å². The lowest BCUT2D eigenvalue weighted by Crippen LogP contribution is -2.22. The molecule has 0 radical (unpaired) electrons. The van der Waals surface area contributed by atoms with Gasteiger partial charge in [-0.15, -0.1) is 0 Å². The maximum Gasteiger partial charge on any atom is 0.124 e. The van der Waals surface area contributed by atoms with E-state index in [1.165, 1.54) is 24.0 Å². The van der Waals surface area contributed by atoms with Crippen LogP contribution >= 0.6 is 0 Å². The molecule has 1 aliphatic carbocycles. The second-order valence-corrected chi connectivity index (χ2v) is 6.58. The minimum absolute atomic E-state index is 0.285. The quantitative estimate of drug-likeness (QED) is 0.833. The molecule has 1 aliphatic heterocycles. The fourth-order valence-electron chi connectivity index (χ4n) is 3.18. The average Bonchev–Trinajstić information content (AvgIpc) is 3.22. The minimum Gasteiger partial charge on any atom is -0.494 e. The van der Waals surface area contributed by atoms with E-state index in [4.69, 9.17) is 9.47 Å². The topological polar surface area (TPSA) is 30.5 Å². The molecule has 2 unspecified atom stereocenters. The lowest BCUT2D eigenvalue weighted by molar-refractivity contribution is 0.254. The minimum atomic E-state index is 0.285. The van der Waals surface area contributed by atoms with Gasteiger partial charge in [0.1, 0.15) is 17.6 Å². The Labute approximate surface area is 128 Å². The monoisotopic (exact) mass is 289 g/mol. The molecule has 1 N–H and O–H groups in total. The molecular formula is C18H27NO2. The van der Waals surface area contributed by atoms with Crippen molar-refractivity contribution in [2.75, 3.05) is 13.2 Å². The molecule has 0 saturated heterocycles. The van der Waals surface area contributed by atoms with Crippen LogP contribution in [0.2, 0.25) is 0 Å². The molecule has 0 amide bonds. The highest BCUT2D eigenvalue weighted by Gasteiger charge is 2.27. The van der Waals surface area contributed by atoms with Crippen molar-refractivity contribution in [3.63, 3.8) is 0 Å². The van der Waals surface area contributed by atoms with Crippen molar-refractivity contribution in [2.24, 2.45) is 11.8 Å². The van der Waals surface area contributed by atoms with E-state index >= 15 is 0 Å². The largest absolute Gasteiger partial charge is 0.494 e. The molecule has 0 spiro atoms. The molecule has 1 aromatic rings. The smallest absolute Gasteiger partial charge is 0.124 e. The van der Waals surface area contributed by atoms with Crippen molar-refractivity contribution in [3.05, 3.63) is 23.3 Å². The summed E-state index contributed by atoms with van der Waals surface area (Å²) in [7, 11) is 0. The second-order valence-electron chi connectivity index (χ2n) is 6.58. The van der Waals surface area contributed by atoms with Crippen LogP contribution in [0.25, 0.3) is 0 Å².